The molecule has 7 rings (SSSR count). The molecule has 4 aromatic rings. The summed E-state index contributed by atoms with van der Waals surface area (Å²) in [5.74, 6) is 1.79. The lowest BCUT2D eigenvalue weighted by Crippen LogP contribution is -2.54. The Kier molecular flexibility index (Phi) is 5.37. The number of amides is 1. The number of aromatic nitrogens is 4. The highest BCUT2D eigenvalue weighted by molar-refractivity contribution is 5.99. The monoisotopic (exact) mass is 498 g/mol. The molecule has 2 aromatic carbocycles. The molecule has 4 N–H and O–H groups in total. The zero-order valence-electron chi connectivity index (χ0n) is 20.5. The first-order valence-electron chi connectivity index (χ1n) is 13.0. The highest BCUT2D eigenvalue weighted by Gasteiger charge is 2.43. The molecule has 10 nitrogen and oxygen atoms in total. The lowest BCUT2D eigenvalue weighted by atomic mass is 10.2. The van der Waals surface area contributed by atoms with Crippen LogP contribution in [-0.2, 0) is 13.0 Å². The molecule has 1 saturated carbocycles. The fourth-order valence-electron chi connectivity index (χ4n) is 5.46. The third-order valence-electron chi connectivity index (χ3n) is 7.46. The first-order chi connectivity index (χ1) is 18.1. The number of anilines is 2. The van der Waals surface area contributed by atoms with Gasteiger partial charge >= 0.3 is 0 Å². The van der Waals surface area contributed by atoms with E-state index in [1.165, 1.54) is 5.69 Å². The Labute approximate surface area is 214 Å². The molecule has 1 aliphatic carbocycles. The van der Waals surface area contributed by atoms with Crippen molar-refractivity contribution in [2.75, 3.05) is 36.0 Å². The van der Waals surface area contributed by atoms with Crippen LogP contribution < -0.4 is 20.4 Å². The third-order valence-corrected chi connectivity index (χ3v) is 7.46. The molecule has 37 heavy (non-hydrogen) atoms. The van der Waals surface area contributed by atoms with Gasteiger partial charge in [0.25, 0.3) is 5.91 Å². The van der Waals surface area contributed by atoms with E-state index in [4.69, 9.17) is 9.97 Å². The zero-order chi connectivity index (χ0) is 24.9. The van der Waals surface area contributed by atoms with E-state index in [0.29, 0.717) is 24.5 Å². The van der Waals surface area contributed by atoms with Gasteiger partial charge in [-0.3, -0.25) is 4.79 Å². The first kappa shape index (κ1) is 22.3. The summed E-state index contributed by atoms with van der Waals surface area (Å²) in [6.07, 6.45) is 1.34. The van der Waals surface area contributed by atoms with Crippen molar-refractivity contribution in [3.8, 4) is 0 Å². The van der Waals surface area contributed by atoms with E-state index in [-0.39, 0.29) is 11.9 Å². The zero-order valence-corrected chi connectivity index (χ0v) is 20.5. The molecule has 2 aromatic heterocycles. The average molecular weight is 499 g/mol. The van der Waals surface area contributed by atoms with Crippen LogP contribution in [-0.4, -0.2) is 69.1 Å². The first-order valence-corrected chi connectivity index (χ1v) is 13.0. The number of piperazine rings is 1. The number of imidazole rings is 2. The summed E-state index contributed by atoms with van der Waals surface area (Å²) in [6.45, 7) is 4.46. The molecule has 190 valence electrons. The molecule has 1 amide bonds. The van der Waals surface area contributed by atoms with E-state index in [1.807, 2.05) is 39.8 Å². The topological polar surface area (TPSA) is 114 Å². The van der Waals surface area contributed by atoms with Gasteiger partial charge in [-0.1, -0.05) is 30.3 Å². The van der Waals surface area contributed by atoms with Crippen LogP contribution >= 0.6 is 0 Å². The van der Waals surface area contributed by atoms with Crippen molar-refractivity contribution >= 4 is 28.4 Å². The quantitative estimate of drug-likeness (QED) is 0.321. The van der Waals surface area contributed by atoms with Crippen molar-refractivity contribution in [3.05, 3.63) is 71.4 Å². The smallest absolute Gasteiger partial charge is 0.275 e. The average Bonchev–Trinajstić information content (AvgIpc) is 3.57. The number of aromatic amines is 1. The summed E-state index contributed by atoms with van der Waals surface area (Å²) in [5, 5.41) is 16.7. The number of nitrogens with zero attached hydrogens (tertiary/aromatic N) is 5. The van der Waals surface area contributed by atoms with E-state index >= 15 is 0 Å². The van der Waals surface area contributed by atoms with Crippen LogP contribution in [0.3, 0.4) is 0 Å². The van der Waals surface area contributed by atoms with Gasteiger partial charge in [0.15, 0.2) is 11.5 Å². The normalized spacial score (nSPS) is 19.8. The predicted molar refractivity (Wildman–Crippen MR) is 141 cm³/mol. The molecular formula is C27H30N8O2. The summed E-state index contributed by atoms with van der Waals surface area (Å²) >= 11 is 0. The van der Waals surface area contributed by atoms with Crippen molar-refractivity contribution in [1.82, 2.24) is 30.2 Å². The molecule has 4 heterocycles. The Morgan fingerprint density at radius 3 is 2.62 bits per heavy atom. The SMILES string of the molecule is O=C1NC(O)N(C2CC2)c2nc(Cc3nc4ccc(N5CCNCC5)cc4[nH]3)n(Cc3ccccc3)c21. The molecule has 0 radical (unpaired) electrons. The second-order valence-electron chi connectivity index (χ2n) is 10.1. The number of H-pyrrole nitrogens is 1. The maximum atomic E-state index is 13.1. The number of fused-ring (bicyclic) bond motifs is 2. The summed E-state index contributed by atoms with van der Waals surface area (Å²) < 4.78 is 1.97. The van der Waals surface area contributed by atoms with Crippen molar-refractivity contribution in [2.24, 2.45) is 0 Å². The Balaban J connectivity index is 1.26. The second-order valence-corrected chi connectivity index (χ2v) is 10.1. The fraction of sp³-hybridized carbons (Fsp3) is 0.370. The van der Waals surface area contributed by atoms with Gasteiger partial charge in [0, 0.05) is 44.5 Å². The van der Waals surface area contributed by atoms with Gasteiger partial charge in [-0.05, 0) is 36.6 Å². The Morgan fingerprint density at radius 2 is 1.84 bits per heavy atom. The lowest BCUT2D eigenvalue weighted by Gasteiger charge is -2.33. The molecule has 1 saturated heterocycles. The van der Waals surface area contributed by atoms with Crippen LogP contribution in [0.15, 0.2) is 48.5 Å². The number of carbonyl (C=O) groups excluding carboxylic acids is 1. The van der Waals surface area contributed by atoms with Gasteiger partial charge in [0.1, 0.15) is 11.6 Å². The van der Waals surface area contributed by atoms with Gasteiger partial charge in [-0.25, -0.2) is 9.97 Å². The number of rotatable bonds is 6. The number of hydrogen-bond donors (Lipinski definition) is 4. The van der Waals surface area contributed by atoms with E-state index in [0.717, 1.165) is 67.3 Å². The van der Waals surface area contributed by atoms with Crippen LogP contribution in [0.25, 0.3) is 11.0 Å². The molecule has 10 heteroatoms. The molecule has 0 bridgehead atoms. The molecule has 3 aliphatic rings. The standard InChI is InChI=1S/C27H30N8O2/c36-26-24-25(35(18-6-7-18)27(37)32-26)31-23(34(24)16-17-4-2-1-3-5-17)15-22-29-20-9-8-19(14-21(20)30-22)33-12-10-28-11-13-33/h1-5,8-9,14,18,27-28,37H,6-7,10-13,15-16H2,(H,29,30)(H,32,36). The minimum atomic E-state index is -1.06. The predicted octanol–water partition coefficient (Wildman–Crippen LogP) is 1.80. The summed E-state index contributed by atoms with van der Waals surface area (Å²) in [6, 6.07) is 16.6. The minimum absolute atomic E-state index is 0.192. The number of aliphatic hydroxyl groups excluding tert-OH is 1. The van der Waals surface area contributed by atoms with Gasteiger partial charge < -0.3 is 35.1 Å². The Hall–Kier alpha value is -3.89. The van der Waals surface area contributed by atoms with Crippen LogP contribution in [0.5, 0.6) is 0 Å². The van der Waals surface area contributed by atoms with Crippen LogP contribution in [0, 0.1) is 0 Å². The van der Waals surface area contributed by atoms with E-state index in [2.05, 4.69) is 38.7 Å². The van der Waals surface area contributed by atoms with Gasteiger partial charge in [0.2, 0.25) is 6.35 Å². The summed E-state index contributed by atoms with van der Waals surface area (Å²) in [4.78, 5) is 30.6. The molecule has 0 spiro atoms. The summed E-state index contributed by atoms with van der Waals surface area (Å²) in [7, 11) is 0. The van der Waals surface area contributed by atoms with E-state index < -0.39 is 6.35 Å². The largest absolute Gasteiger partial charge is 0.369 e. The minimum Gasteiger partial charge on any atom is -0.369 e. The Bertz CT molecular complexity index is 1450. The van der Waals surface area contributed by atoms with Crippen molar-refractivity contribution < 1.29 is 9.90 Å². The maximum absolute atomic E-state index is 13.1. The van der Waals surface area contributed by atoms with Crippen LogP contribution in [0.2, 0.25) is 0 Å². The summed E-state index contributed by atoms with van der Waals surface area (Å²) in [5.41, 5.74) is 4.66. The number of hydrogen-bond acceptors (Lipinski definition) is 7. The molecule has 2 aliphatic heterocycles. The molecular weight excluding hydrogens is 468 g/mol. The number of benzene rings is 2. The van der Waals surface area contributed by atoms with Crippen molar-refractivity contribution in [2.45, 2.75) is 38.2 Å². The molecule has 1 unspecified atom stereocenters. The molecule has 1 atom stereocenters. The number of nitrogens with one attached hydrogen (secondary N) is 3. The van der Waals surface area contributed by atoms with Gasteiger partial charge in [-0.2, -0.15) is 0 Å². The lowest BCUT2D eigenvalue weighted by molar-refractivity contribution is 0.0728. The van der Waals surface area contributed by atoms with E-state index in [9.17, 15) is 9.90 Å². The second kappa shape index (κ2) is 8.89. The maximum Gasteiger partial charge on any atom is 0.275 e. The fourth-order valence-corrected chi connectivity index (χ4v) is 5.46. The number of carbonyl (C=O) groups is 1. The van der Waals surface area contributed by atoms with Crippen LogP contribution in [0.1, 0.15) is 40.5 Å². The highest BCUT2D eigenvalue weighted by Crippen LogP contribution is 2.37. The van der Waals surface area contributed by atoms with E-state index in [1.54, 1.807) is 0 Å². The molecule has 2 fully saturated rings. The van der Waals surface area contributed by atoms with Gasteiger partial charge in [0.05, 0.1) is 17.5 Å². The van der Waals surface area contributed by atoms with Crippen molar-refractivity contribution in [1.29, 1.82) is 0 Å². The third kappa shape index (κ3) is 4.11. The van der Waals surface area contributed by atoms with Gasteiger partial charge in [-0.15, -0.1) is 0 Å². The Morgan fingerprint density at radius 1 is 1.03 bits per heavy atom. The highest BCUT2D eigenvalue weighted by atomic mass is 16.3. The number of aliphatic hydroxyl groups is 1. The van der Waals surface area contributed by atoms with Crippen LogP contribution in [0.4, 0.5) is 11.5 Å². The van der Waals surface area contributed by atoms with Crippen molar-refractivity contribution in [3.63, 3.8) is 0 Å².